The first-order valence-electron chi connectivity index (χ1n) is 9.11. The molecule has 4 rings (SSSR count). The zero-order valence-electron chi connectivity index (χ0n) is 16.5. The molecule has 31 heavy (non-hydrogen) atoms. The van der Waals surface area contributed by atoms with Gasteiger partial charge >= 0.3 is 5.69 Å². The number of aryl methyl sites for hydroxylation is 1. The van der Waals surface area contributed by atoms with Gasteiger partial charge in [0.2, 0.25) is 5.89 Å². The summed E-state index contributed by atoms with van der Waals surface area (Å²) >= 11 is 0. The molecule has 0 atom stereocenters. The zero-order valence-corrected chi connectivity index (χ0v) is 17.4. The van der Waals surface area contributed by atoms with Crippen molar-refractivity contribution in [2.75, 3.05) is 11.8 Å². The molecule has 2 heterocycles. The Kier molecular flexibility index (Phi) is 5.07. The third kappa shape index (κ3) is 4.19. The number of amides is 1. The first-order chi connectivity index (χ1) is 14.7. The van der Waals surface area contributed by atoms with E-state index in [1.54, 1.807) is 26.1 Å². The van der Waals surface area contributed by atoms with E-state index in [-0.39, 0.29) is 22.7 Å². The van der Waals surface area contributed by atoms with Crippen LogP contribution in [0.4, 0.5) is 5.69 Å². The lowest BCUT2D eigenvalue weighted by Gasteiger charge is -2.18. The van der Waals surface area contributed by atoms with Gasteiger partial charge in [-0.05, 0) is 30.3 Å². The van der Waals surface area contributed by atoms with Crippen LogP contribution in [0.15, 0.2) is 56.7 Å². The van der Waals surface area contributed by atoms with Gasteiger partial charge in [-0.15, -0.1) is 0 Å². The predicted octanol–water partition coefficient (Wildman–Crippen LogP) is 1.62. The lowest BCUT2D eigenvalue weighted by molar-refractivity contribution is 0.0781. The van der Waals surface area contributed by atoms with Crippen LogP contribution in [0.2, 0.25) is 0 Å². The van der Waals surface area contributed by atoms with Gasteiger partial charge in [0, 0.05) is 14.0 Å². The monoisotopic (exact) mass is 442 g/mol. The fourth-order valence-electron chi connectivity index (χ4n) is 3.04. The highest BCUT2D eigenvalue weighted by Gasteiger charge is 2.22. The minimum Gasteiger partial charge on any atom is -0.340 e. The van der Waals surface area contributed by atoms with Crippen molar-refractivity contribution in [2.24, 2.45) is 0 Å². The number of fused-ring (bicyclic) bond motifs is 1. The predicted molar refractivity (Wildman–Crippen MR) is 111 cm³/mol. The van der Waals surface area contributed by atoms with Gasteiger partial charge in [0.05, 0.1) is 33.7 Å². The average Bonchev–Trinajstić information content (AvgIpc) is 3.30. The van der Waals surface area contributed by atoms with Crippen molar-refractivity contribution < 1.29 is 17.7 Å². The average molecular weight is 442 g/mol. The Morgan fingerprint density at radius 1 is 1.16 bits per heavy atom. The SMILES string of the molecule is Cc1nc(CN(C)C(=O)c2ccccc2NS(=O)(=O)c2ccc3[nH]c(=O)[nH]c3c2)no1. The second-order valence-corrected chi connectivity index (χ2v) is 8.51. The van der Waals surface area contributed by atoms with Gasteiger partial charge < -0.3 is 19.4 Å². The van der Waals surface area contributed by atoms with Gasteiger partial charge in [-0.1, -0.05) is 17.3 Å². The number of rotatable bonds is 6. The Balaban J connectivity index is 1.61. The summed E-state index contributed by atoms with van der Waals surface area (Å²) in [5, 5.41) is 3.76. The van der Waals surface area contributed by atoms with Crippen LogP contribution in [0.25, 0.3) is 11.0 Å². The van der Waals surface area contributed by atoms with E-state index in [1.165, 1.54) is 35.2 Å². The molecule has 11 nitrogen and oxygen atoms in total. The van der Waals surface area contributed by atoms with Crippen LogP contribution in [0.1, 0.15) is 22.1 Å². The largest absolute Gasteiger partial charge is 0.340 e. The second kappa shape index (κ2) is 7.72. The number of sulfonamides is 1. The van der Waals surface area contributed by atoms with E-state index in [2.05, 4.69) is 24.8 Å². The molecule has 0 aliphatic heterocycles. The minimum atomic E-state index is -4.03. The van der Waals surface area contributed by atoms with Crippen LogP contribution in [0.5, 0.6) is 0 Å². The number of benzene rings is 2. The zero-order chi connectivity index (χ0) is 22.2. The smallest absolute Gasteiger partial charge is 0.323 e. The van der Waals surface area contributed by atoms with Crippen molar-refractivity contribution in [3.05, 3.63) is 70.2 Å². The Hall–Kier alpha value is -3.93. The molecule has 4 aromatic rings. The molecule has 3 N–H and O–H groups in total. The summed E-state index contributed by atoms with van der Waals surface area (Å²) in [6.45, 7) is 1.73. The van der Waals surface area contributed by atoms with Gasteiger partial charge in [0.15, 0.2) is 5.82 Å². The summed E-state index contributed by atoms with van der Waals surface area (Å²) in [4.78, 5) is 34.8. The fraction of sp³-hybridized carbons (Fsp3) is 0.158. The fourth-order valence-corrected chi connectivity index (χ4v) is 4.14. The minimum absolute atomic E-state index is 0.0619. The molecule has 0 saturated heterocycles. The molecule has 160 valence electrons. The van der Waals surface area contributed by atoms with E-state index in [1.807, 2.05) is 0 Å². The number of H-pyrrole nitrogens is 2. The lowest BCUT2D eigenvalue weighted by atomic mass is 10.1. The number of imidazole rings is 1. The number of anilines is 1. The molecule has 12 heteroatoms. The van der Waals surface area contributed by atoms with Gasteiger partial charge in [-0.2, -0.15) is 4.98 Å². The van der Waals surface area contributed by atoms with Crippen LogP contribution in [0, 0.1) is 6.92 Å². The summed E-state index contributed by atoms with van der Waals surface area (Å²) in [5.74, 6) is 0.288. The number of para-hydroxylation sites is 1. The Morgan fingerprint density at radius 3 is 2.65 bits per heavy atom. The highest BCUT2D eigenvalue weighted by molar-refractivity contribution is 7.92. The Morgan fingerprint density at radius 2 is 1.90 bits per heavy atom. The number of nitrogens with one attached hydrogen (secondary N) is 3. The van der Waals surface area contributed by atoms with Crippen molar-refractivity contribution in [3.63, 3.8) is 0 Å². The Labute approximate surface area is 176 Å². The van der Waals surface area contributed by atoms with Crippen LogP contribution in [-0.4, -0.2) is 46.4 Å². The van der Waals surface area contributed by atoms with Crippen molar-refractivity contribution in [1.82, 2.24) is 25.0 Å². The summed E-state index contributed by atoms with van der Waals surface area (Å²) < 4.78 is 33.2. The number of hydrogen-bond donors (Lipinski definition) is 3. The number of nitrogens with zero attached hydrogens (tertiary/aromatic N) is 3. The van der Waals surface area contributed by atoms with Crippen LogP contribution in [0.3, 0.4) is 0 Å². The summed E-state index contributed by atoms with van der Waals surface area (Å²) in [6.07, 6.45) is 0. The normalized spacial score (nSPS) is 11.5. The van der Waals surface area contributed by atoms with Gasteiger partial charge in [0.1, 0.15) is 0 Å². The molecule has 0 aliphatic rings. The molecule has 2 aromatic carbocycles. The maximum Gasteiger partial charge on any atom is 0.323 e. The second-order valence-electron chi connectivity index (χ2n) is 6.83. The quantitative estimate of drug-likeness (QED) is 0.410. The molecule has 0 saturated carbocycles. The van der Waals surface area contributed by atoms with E-state index in [0.717, 1.165) is 0 Å². The van der Waals surface area contributed by atoms with Crippen LogP contribution >= 0.6 is 0 Å². The maximum atomic E-state index is 12.9. The van der Waals surface area contributed by atoms with E-state index in [0.29, 0.717) is 22.7 Å². The van der Waals surface area contributed by atoms with Gasteiger partial charge in [-0.25, -0.2) is 13.2 Å². The topological polar surface area (TPSA) is 154 Å². The highest BCUT2D eigenvalue weighted by atomic mass is 32.2. The van der Waals surface area contributed by atoms with Gasteiger partial charge in [-0.3, -0.25) is 9.52 Å². The molecule has 0 radical (unpaired) electrons. The summed E-state index contributed by atoms with van der Waals surface area (Å²) in [7, 11) is -2.48. The maximum absolute atomic E-state index is 12.9. The molecule has 0 spiro atoms. The Bertz CT molecular complexity index is 1440. The van der Waals surface area contributed by atoms with Crippen molar-refractivity contribution in [1.29, 1.82) is 0 Å². The first-order valence-corrected chi connectivity index (χ1v) is 10.6. The third-order valence-corrected chi connectivity index (χ3v) is 5.86. The van der Waals surface area contributed by atoms with Crippen molar-refractivity contribution in [3.8, 4) is 0 Å². The van der Waals surface area contributed by atoms with E-state index < -0.39 is 21.6 Å². The van der Waals surface area contributed by atoms with E-state index >= 15 is 0 Å². The van der Waals surface area contributed by atoms with Crippen molar-refractivity contribution >= 4 is 32.7 Å². The molecule has 0 bridgehead atoms. The molecular formula is C19H18N6O5S. The molecule has 1 amide bonds. The number of carbonyl (C=O) groups excluding carboxylic acids is 1. The van der Waals surface area contributed by atoms with Gasteiger partial charge in [0.25, 0.3) is 15.9 Å². The van der Waals surface area contributed by atoms with E-state index in [9.17, 15) is 18.0 Å². The number of aromatic nitrogens is 4. The van der Waals surface area contributed by atoms with Crippen LogP contribution < -0.4 is 10.4 Å². The summed E-state index contributed by atoms with van der Waals surface area (Å²) in [6, 6.07) is 10.4. The first kappa shape index (κ1) is 20.3. The van der Waals surface area contributed by atoms with Crippen LogP contribution in [-0.2, 0) is 16.6 Å². The van der Waals surface area contributed by atoms with Crippen molar-refractivity contribution in [2.45, 2.75) is 18.4 Å². The third-order valence-electron chi connectivity index (χ3n) is 4.49. The molecule has 0 aliphatic carbocycles. The molecule has 0 fully saturated rings. The molecular weight excluding hydrogens is 424 g/mol. The number of carbonyl (C=O) groups is 1. The molecule has 0 unspecified atom stereocenters. The highest BCUT2D eigenvalue weighted by Crippen LogP contribution is 2.23. The summed E-state index contributed by atoms with van der Waals surface area (Å²) in [5.41, 5.74) is 0.676. The number of hydrogen-bond acceptors (Lipinski definition) is 7. The van der Waals surface area contributed by atoms with E-state index in [4.69, 9.17) is 4.52 Å². The number of aromatic amines is 2. The standard InChI is InChI=1S/C19H18N6O5S/c1-11-20-17(23-30-11)10-25(2)18(26)13-5-3-4-6-14(13)24-31(28,29)12-7-8-15-16(9-12)22-19(27)21-15/h3-9,24H,10H2,1-2H3,(H2,21,22,27). The lowest BCUT2D eigenvalue weighted by Crippen LogP contribution is -2.28. The molecule has 2 aromatic heterocycles.